The maximum atomic E-state index is 13.1. The lowest BCUT2D eigenvalue weighted by Crippen LogP contribution is -2.30. The number of unbranched alkanes of at least 4 members (excludes halogenated alkanes) is 51. The molecule has 0 aromatic carbocycles. The van der Waals surface area contributed by atoms with E-state index in [2.05, 4.69) is 41.5 Å². The van der Waals surface area contributed by atoms with Crippen molar-refractivity contribution in [3.8, 4) is 0 Å². The molecular weight excluding hydrogens is 1320 g/mol. The highest BCUT2D eigenvalue weighted by Gasteiger charge is 2.30. The molecule has 0 heterocycles. The number of ether oxygens (including phenoxy) is 4. The lowest BCUT2D eigenvalue weighted by Gasteiger charge is -2.21. The van der Waals surface area contributed by atoms with Gasteiger partial charge in [0.05, 0.1) is 26.4 Å². The van der Waals surface area contributed by atoms with Gasteiger partial charge < -0.3 is 33.8 Å². The van der Waals surface area contributed by atoms with Gasteiger partial charge in [-0.05, 0) is 37.5 Å². The summed E-state index contributed by atoms with van der Waals surface area (Å²) in [7, 11) is -9.91. The predicted octanol–water partition coefficient (Wildman–Crippen LogP) is 24.7. The van der Waals surface area contributed by atoms with Gasteiger partial charge in [0.15, 0.2) is 12.2 Å². The largest absolute Gasteiger partial charge is 0.472 e. The Bertz CT molecular complexity index is 1940. The second-order valence-electron chi connectivity index (χ2n) is 30.5. The van der Waals surface area contributed by atoms with E-state index in [0.717, 1.165) is 95.8 Å². The average molecular weight is 1480 g/mol. The minimum absolute atomic E-state index is 0.102. The molecular formula is C82H160O17P2. The topological polar surface area (TPSA) is 237 Å². The van der Waals surface area contributed by atoms with Crippen molar-refractivity contribution in [2.45, 2.75) is 452 Å². The van der Waals surface area contributed by atoms with Crippen molar-refractivity contribution in [3.63, 3.8) is 0 Å². The van der Waals surface area contributed by atoms with Crippen LogP contribution in [-0.4, -0.2) is 96.7 Å². The standard InChI is InChI=1S/C82H160O17P2/c1-7-9-11-13-15-17-18-19-20-21-22-23-24-25-30-33-36-39-43-47-54-60-66-81(86)98-77(70-93-80(85)65-59-53-46-42-38-35-32-29-27-26-28-31-34-37-41-44-50-56-62-74(3)4)72-96-100(88,89)94-68-76(83)69-95-101(90,91)97-73-78(99-82(87)67-61-55-49-48-51-57-63-75(5)6)71-92-79(84)64-58-52-45-40-16-14-12-10-8-2/h74-78,83H,7-73H2,1-6H3,(H,88,89)(H,90,91)/t76-,77-,78-/m1/s1. The van der Waals surface area contributed by atoms with Crippen LogP contribution in [0.4, 0.5) is 0 Å². The number of aliphatic hydroxyl groups excluding tert-OH is 1. The lowest BCUT2D eigenvalue weighted by molar-refractivity contribution is -0.161. The average Bonchev–Trinajstić information content (AvgIpc) is 1.05. The third-order valence-electron chi connectivity index (χ3n) is 19.2. The van der Waals surface area contributed by atoms with Crippen LogP contribution in [0.2, 0.25) is 0 Å². The molecule has 0 radical (unpaired) electrons. The molecule has 0 saturated heterocycles. The molecule has 2 unspecified atom stereocenters. The Morgan fingerprint density at radius 1 is 0.267 bits per heavy atom. The van der Waals surface area contributed by atoms with Gasteiger partial charge in [-0.25, -0.2) is 9.13 Å². The van der Waals surface area contributed by atoms with E-state index >= 15 is 0 Å². The van der Waals surface area contributed by atoms with E-state index in [1.807, 2.05) is 0 Å². The zero-order valence-electron chi connectivity index (χ0n) is 66.2. The maximum absolute atomic E-state index is 13.1. The zero-order chi connectivity index (χ0) is 74.2. The van der Waals surface area contributed by atoms with Gasteiger partial charge >= 0.3 is 39.5 Å². The number of carbonyl (C=O) groups excluding carboxylic acids is 4. The molecule has 3 N–H and O–H groups in total. The number of hydrogen-bond donors (Lipinski definition) is 3. The van der Waals surface area contributed by atoms with Gasteiger partial charge in [-0.3, -0.25) is 37.3 Å². The van der Waals surface area contributed by atoms with E-state index in [9.17, 15) is 43.2 Å². The van der Waals surface area contributed by atoms with Crippen molar-refractivity contribution in [2.75, 3.05) is 39.6 Å². The summed E-state index contributed by atoms with van der Waals surface area (Å²) in [6.45, 7) is 9.55. The van der Waals surface area contributed by atoms with Gasteiger partial charge in [0.2, 0.25) is 0 Å². The minimum Gasteiger partial charge on any atom is -0.462 e. The second-order valence-corrected chi connectivity index (χ2v) is 33.4. The number of phosphoric acid groups is 2. The van der Waals surface area contributed by atoms with Crippen LogP contribution < -0.4 is 0 Å². The Morgan fingerprint density at radius 2 is 0.455 bits per heavy atom. The normalized spacial score (nSPS) is 13.9. The second kappa shape index (κ2) is 73.6. The van der Waals surface area contributed by atoms with E-state index in [4.69, 9.17) is 37.0 Å². The number of phosphoric ester groups is 2. The Morgan fingerprint density at radius 3 is 0.673 bits per heavy atom. The molecule has 0 aliphatic rings. The van der Waals surface area contributed by atoms with Crippen molar-refractivity contribution in [3.05, 3.63) is 0 Å². The van der Waals surface area contributed by atoms with Crippen molar-refractivity contribution in [1.82, 2.24) is 0 Å². The molecule has 0 bridgehead atoms. The van der Waals surface area contributed by atoms with Gasteiger partial charge in [0.25, 0.3) is 0 Å². The number of hydrogen-bond acceptors (Lipinski definition) is 15. The van der Waals surface area contributed by atoms with E-state index in [0.29, 0.717) is 31.6 Å². The zero-order valence-corrected chi connectivity index (χ0v) is 68.0. The monoisotopic (exact) mass is 1480 g/mol. The van der Waals surface area contributed by atoms with Crippen molar-refractivity contribution in [2.24, 2.45) is 11.8 Å². The van der Waals surface area contributed by atoms with Crippen molar-refractivity contribution >= 4 is 39.5 Å². The van der Waals surface area contributed by atoms with E-state index in [1.54, 1.807) is 0 Å². The lowest BCUT2D eigenvalue weighted by atomic mass is 10.0. The van der Waals surface area contributed by atoms with E-state index in [-0.39, 0.29) is 25.7 Å². The molecule has 0 aliphatic heterocycles. The molecule has 0 aromatic rings. The molecule has 0 amide bonds. The Kier molecular flexibility index (Phi) is 72.2. The van der Waals surface area contributed by atoms with Crippen LogP contribution in [0.15, 0.2) is 0 Å². The fourth-order valence-corrected chi connectivity index (χ4v) is 14.3. The maximum Gasteiger partial charge on any atom is 0.472 e. The quantitative estimate of drug-likeness (QED) is 0.0222. The fraction of sp³-hybridized carbons (Fsp3) is 0.951. The van der Waals surface area contributed by atoms with Crippen LogP contribution in [0.25, 0.3) is 0 Å². The summed E-state index contributed by atoms with van der Waals surface area (Å²) in [5.74, 6) is -0.624. The summed E-state index contributed by atoms with van der Waals surface area (Å²) in [5.41, 5.74) is 0. The first kappa shape index (κ1) is 99.1. The van der Waals surface area contributed by atoms with Crippen LogP contribution >= 0.6 is 15.6 Å². The molecule has 0 spiro atoms. The molecule has 0 rings (SSSR count). The highest BCUT2D eigenvalue weighted by Crippen LogP contribution is 2.45. The molecule has 0 saturated carbocycles. The number of carbonyl (C=O) groups is 4. The number of esters is 4. The molecule has 0 aromatic heterocycles. The van der Waals surface area contributed by atoms with Crippen molar-refractivity contribution < 1.29 is 80.2 Å². The van der Waals surface area contributed by atoms with Gasteiger partial charge in [0.1, 0.15) is 19.3 Å². The highest BCUT2D eigenvalue weighted by molar-refractivity contribution is 7.47. The van der Waals surface area contributed by atoms with Gasteiger partial charge in [-0.15, -0.1) is 0 Å². The van der Waals surface area contributed by atoms with Gasteiger partial charge in [-0.1, -0.05) is 382 Å². The summed E-state index contributed by atoms with van der Waals surface area (Å²) < 4.78 is 68.6. The highest BCUT2D eigenvalue weighted by atomic mass is 31.2. The van der Waals surface area contributed by atoms with Gasteiger partial charge in [0, 0.05) is 25.7 Å². The minimum atomic E-state index is -4.96. The third-order valence-corrected chi connectivity index (χ3v) is 21.1. The first-order valence-corrected chi connectivity index (χ1v) is 45.5. The SMILES string of the molecule is CCCCCCCCCCCCCCCCCCCCCCCCC(=O)O[C@H](COC(=O)CCCCCCCCCCCCCCCCCCCCC(C)C)COP(=O)(O)OC[C@@H](O)COP(=O)(O)OC[C@@H](COC(=O)CCCCCCCCCCC)OC(=O)CCCCCCCCC(C)C. The molecule has 19 heteroatoms. The Hall–Kier alpha value is -1.94. The fourth-order valence-electron chi connectivity index (χ4n) is 12.7. The molecule has 0 aliphatic carbocycles. The summed E-state index contributed by atoms with van der Waals surface area (Å²) in [6, 6.07) is 0. The summed E-state index contributed by atoms with van der Waals surface area (Å²) in [5, 5.41) is 10.6. The van der Waals surface area contributed by atoms with Crippen LogP contribution in [-0.2, 0) is 65.4 Å². The van der Waals surface area contributed by atoms with Crippen LogP contribution in [0.5, 0.6) is 0 Å². The third kappa shape index (κ3) is 76.1. The van der Waals surface area contributed by atoms with Crippen LogP contribution in [0.1, 0.15) is 433 Å². The number of aliphatic hydroxyl groups is 1. The first-order valence-electron chi connectivity index (χ1n) is 42.5. The van der Waals surface area contributed by atoms with Gasteiger partial charge in [-0.2, -0.15) is 0 Å². The van der Waals surface area contributed by atoms with Crippen LogP contribution in [0.3, 0.4) is 0 Å². The smallest absolute Gasteiger partial charge is 0.462 e. The summed E-state index contributed by atoms with van der Waals surface area (Å²) in [4.78, 5) is 72.8. The Labute approximate surface area is 619 Å². The van der Waals surface area contributed by atoms with E-state index in [1.165, 1.54) is 250 Å². The molecule has 0 fully saturated rings. The summed E-state index contributed by atoms with van der Waals surface area (Å²) >= 11 is 0. The van der Waals surface area contributed by atoms with E-state index < -0.39 is 97.5 Å². The molecule has 101 heavy (non-hydrogen) atoms. The Balaban J connectivity index is 5.14. The molecule has 5 atom stereocenters. The van der Waals surface area contributed by atoms with Crippen molar-refractivity contribution in [1.29, 1.82) is 0 Å². The predicted molar refractivity (Wildman–Crippen MR) is 414 cm³/mol. The summed E-state index contributed by atoms with van der Waals surface area (Å²) in [6.07, 6.45) is 64.4. The van der Waals surface area contributed by atoms with Crippen LogP contribution in [0, 0.1) is 11.8 Å². The molecule has 17 nitrogen and oxygen atoms in total. The number of rotatable bonds is 81. The molecule has 600 valence electrons. The first-order chi connectivity index (χ1) is 48.9.